The lowest BCUT2D eigenvalue weighted by molar-refractivity contribution is -0.127. The van der Waals surface area contributed by atoms with Crippen molar-refractivity contribution in [2.75, 3.05) is 36.0 Å². The number of para-hydroxylation sites is 2. The molecule has 1 saturated heterocycles. The SMILES string of the molecule is O=C([C@@H]1CCCO1)N1CCN(CC(F)(F)F)c2ccccc21. The van der Waals surface area contributed by atoms with Crippen LogP contribution in [-0.2, 0) is 9.53 Å². The zero-order valence-corrected chi connectivity index (χ0v) is 12.0. The van der Waals surface area contributed by atoms with Crippen molar-refractivity contribution in [1.29, 1.82) is 0 Å². The van der Waals surface area contributed by atoms with Gasteiger partial charge in [-0.1, -0.05) is 12.1 Å². The monoisotopic (exact) mass is 314 g/mol. The summed E-state index contributed by atoms with van der Waals surface area (Å²) in [4.78, 5) is 15.3. The minimum Gasteiger partial charge on any atom is -0.368 e. The van der Waals surface area contributed by atoms with Crippen LogP contribution in [0.1, 0.15) is 12.8 Å². The second-order valence-electron chi connectivity index (χ2n) is 5.52. The summed E-state index contributed by atoms with van der Waals surface area (Å²) in [7, 11) is 0. The molecule has 2 aliphatic heterocycles. The molecule has 3 rings (SSSR count). The quantitative estimate of drug-likeness (QED) is 0.841. The van der Waals surface area contributed by atoms with Crippen LogP contribution in [0.5, 0.6) is 0 Å². The summed E-state index contributed by atoms with van der Waals surface area (Å²) in [6.07, 6.45) is -3.23. The van der Waals surface area contributed by atoms with Gasteiger partial charge in [0.1, 0.15) is 12.6 Å². The molecule has 2 aliphatic rings. The lowest BCUT2D eigenvalue weighted by Crippen LogP contribution is -2.49. The molecule has 7 heteroatoms. The third-order valence-electron chi connectivity index (χ3n) is 3.95. The van der Waals surface area contributed by atoms with E-state index in [-0.39, 0.29) is 19.0 Å². The molecule has 4 nitrogen and oxygen atoms in total. The second-order valence-corrected chi connectivity index (χ2v) is 5.52. The number of hydrogen-bond donors (Lipinski definition) is 0. The fourth-order valence-electron chi connectivity index (χ4n) is 2.98. The summed E-state index contributed by atoms with van der Waals surface area (Å²) >= 11 is 0. The van der Waals surface area contributed by atoms with Gasteiger partial charge in [0.25, 0.3) is 5.91 Å². The van der Waals surface area contributed by atoms with Gasteiger partial charge < -0.3 is 14.5 Å². The Kier molecular flexibility index (Phi) is 3.99. The molecule has 120 valence electrons. The van der Waals surface area contributed by atoms with Crippen molar-refractivity contribution in [2.24, 2.45) is 0 Å². The molecule has 0 aliphatic carbocycles. The molecule has 1 amide bonds. The van der Waals surface area contributed by atoms with E-state index in [2.05, 4.69) is 0 Å². The number of alkyl halides is 3. The molecular weight excluding hydrogens is 297 g/mol. The van der Waals surface area contributed by atoms with Gasteiger partial charge in [0.05, 0.1) is 11.4 Å². The normalized spacial score (nSPS) is 21.9. The zero-order chi connectivity index (χ0) is 15.7. The number of halogens is 3. The van der Waals surface area contributed by atoms with E-state index in [1.807, 2.05) is 0 Å². The van der Waals surface area contributed by atoms with Crippen LogP contribution in [0, 0.1) is 0 Å². The Balaban J connectivity index is 1.85. The van der Waals surface area contributed by atoms with Crippen LogP contribution in [0.4, 0.5) is 24.5 Å². The van der Waals surface area contributed by atoms with Gasteiger partial charge in [0, 0.05) is 19.7 Å². The molecule has 2 heterocycles. The van der Waals surface area contributed by atoms with E-state index in [0.29, 0.717) is 24.4 Å². The maximum Gasteiger partial charge on any atom is 0.405 e. The minimum absolute atomic E-state index is 0.156. The van der Waals surface area contributed by atoms with Crippen LogP contribution in [0.3, 0.4) is 0 Å². The van der Waals surface area contributed by atoms with E-state index < -0.39 is 18.8 Å². The van der Waals surface area contributed by atoms with Crippen molar-refractivity contribution in [3.05, 3.63) is 24.3 Å². The third kappa shape index (κ3) is 3.04. The maximum atomic E-state index is 12.7. The van der Waals surface area contributed by atoms with Crippen LogP contribution in [0.15, 0.2) is 24.3 Å². The lowest BCUT2D eigenvalue weighted by Gasteiger charge is -2.38. The van der Waals surface area contributed by atoms with E-state index in [1.165, 1.54) is 4.90 Å². The van der Waals surface area contributed by atoms with Crippen LogP contribution in [-0.4, -0.2) is 44.4 Å². The van der Waals surface area contributed by atoms with Gasteiger partial charge in [-0.2, -0.15) is 13.2 Å². The Labute approximate surface area is 126 Å². The Hall–Kier alpha value is -1.76. The number of amides is 1. The Morgan fingerprint density at radius 3 is 2.59 bits per heavy atom. The summed E-state index contributed by atoms with van der Waals surface area (Å²) in [5, 5.41) is 0. The number of carbonyl (C=O) groups is 1. The highest BCUT2D eigenvalue weighted by Crippen LogP contribution is 2.35. The van der Waals surface area contributed by atoms with E-state index in [4.69, 9.17) is 4.74 Å². The van der Waals surface area contributed by atoms with Gasteiger partial charge in [-0.25, -0.2) is 0 Å². The maximum absolute atomic E-state index is 12.7. The van der Waals surface area contributed by atoms with Crippen LogP contribution >= 0.6 is 0 Å². The summed E-state index contributed by atoms with van der Waals surface area (Å²) in [6, 6.07) is 6.72. The first-order chi connectivity index (χ1) is 10.5. The average molecular weight is 314 g/mol. The minimum atomic E-state index is -4.27. The predicted molar refractivity (Wildman–Crippen MR) is 76.0 cm³/mol. The highest BCUT2D eigenvalue weighted by molar-refractivity contribution is 6.00. The number of carbonyl (C=O) groups excluding carboxylic acids is 1. The molecule has 1 fully saturated rings. The van der Waals surface area contributed by atoms with Crippen molar-refractivity contribution in [3.8, 4) is 0 Å². The molecule has 0 saturated carbocycles. The molecule has 0 aromatic heterocycles. The smallest absolute Gasteiger partial charge is 0.368 e. The first kappa shape index (κ1) is 15.1. The Morgan fingerprint density at radius 2 is 1.95 bits per heavy atom. The van der Waals surface area contributed by atoms with Crippen molar-refractivity contribution in [1.82, 2.24) is 0 Å². The van der Waals surface area contributed by atoms with Crippen LogP contribution < -0.4 is 9.80 Å². The van der Waals surface area contributed by atoms with Crippen molar-refractivity contribution >= 4 is 17.3 Å². The third-order valence-corrected chi connectivity index (χ3v) is 3.95. The lowest BCUT2D eigenvalue weighted by atomic mass is 10.1. The highest BCUT2D eigenvalue weighted by Gasteiger charge is 2.37. The molecule has 0 N–H and O–H groups in total. The summed E-state index contributed by atoms with van der Waals surface area (Å²) in [5.41, 5.74) is 0.968. The van der Waals surface area contributed by atoms with Crippen molar-refractivity contribution in [2.45, 2.75) is 25.1 Å². The molecule has 1 aromatic rings. The number of rotatable bonds is 2. The largest absolute Gasteiger partial charge is 0.405 e. The van der Waals surface area contributed by atoms with Crippen LogP contribution in [0.25, 0.3) is 0 Å². The van der Waals surface area contributed by atoms with E-state index in [9.17, 15) is 18.0 Å². The van der Waals surface area contributed by atoms with E-state index in [0.717, 1.165) is 6.42 Å². The van der Waals surface area contributed by atoms with Gasteiger partial charge in [0.15, 0.2) is 0 Å². The summed E-state index contributed by atoms with van der Waals surface area (Å²) < 4.78 is 43.5. The highest BCUT2D eigenvalue weighted by atomic mass is 19.4. The topological polar surface area (TPSA) is 32.8 Å². The standard InChI is InChI=1S/C15H17F3N2O2/c16-15(17,18)10-19-7-8-20(12-5-2-1-4-11(12)19)14(21)13-6-3-9-22-13/h1-2,4-5,13H,3,6-10H2/t13-/m0/s1. The van der Waals surface area contributed by atoms with Crippen molar-refractivity contribution < 1.29 is 22.7 Å². The van der Waals surface area contributed by atoms with Gasteiger partial charge in [-0.05, 0) is 25.0 Å². The molecule has 1 atom stereocenters. The summed E-state index contributed by atoms with van der Waals surface area (Å²) in [5.74, 6) is -0.156. The van der Waals surface area contributed by atoms with Crippen molar-refractivity contribution in [3.63, 3.8) is 0 Å². The predicted octanol–water partition coefficient (Wildman–Crippen LogP) is 2.58. The molecule has 0 bridgehead atoms. The van der Waals surface area contributed by atoms with E-state index >= 15 is 0 Å². The van der Waals surface area contributed by atoms with Gasteiger partial charge in [-0.15, -0.1) is 0 Å². The van der Waals surface area contributed by atoms with Gasteiger partial charge in [0.2, 0.25) is 0 Å². The van der Waals surface area contributed by atoms with Crippen LogP contribution in [0.2, 0.25) is 0 Å². The summed E-state index contributed by atoms with van der Waals surface area (Å²) in [6.45, 7) is -0.0428. The Morgan fingerprint density at radius 1 is 1.23 bits per heavy atom. The number of anilines is 2. The number of ether oxygens (including phenoxy) is 1. The molecule has 0 unspecified atom stereocenters. The number of benzene rings is 1. The molecule has 22 heavy (non-hydrogen) atoms. The van der Waals surface area contributed by atoms with E-state index in [1.54, 1.807) is 29.2 Å². The Bertz CT molecular complexity index is 556. The van der Waals surface area contributed by atoms with Gasteiger partial charge >= 0.3 is 6.18 Å². The molecular formula is C15H17F3N2O2. The number of fused-ring (bicyclic) bond motifs is 1. The van der Waals surface area contributed by atoms with Gasteiger partial charge in [-0.3, -0.25) is 4.79 Å². The zero-order valence-electron chi connectivity index (χ0n) is 12.0. The first-order valence-electron chi connectivity index (χ1n) is 7.29. The number of hydrogen-bond acceptors (Lipinski definition) is 3. The fraction of sp³-hybridized carbons (Fsp3) is 0.533. The first-order valence-corrected chi connectivity index (χ1v) is 7.29. The molecule has 0 radical (unpaired) electrons. The fourth-order valence-corrected chi connectivity index (χ4v) is 2.98. The number of nitrogens with zero attached hydrogens (tertiary/aromatic N) is 2. The second kappa shape index (κ2) is 5.79. The average Bonchev–Trinajstić information content (AvgIpc) is 3.00. The molecule has 1 aromatic carbocycles. The molecule has 0 spiro atoms.